The molecule has 2 fully saturated rings. The fourth-order valence-corrected chi connectivity index (χ4v) is 3.24. The van der Waals surface area contributed by atoms with Crippen LogP contribution >= 0.6 is 0 Å². The molecule has 3 rings (SSSR count). The lowest BCUT2D eigenvalue weighted by Crippen LogP contribution is -2.49. The van der Waals surface area contributed by atoms with Crippen molar-refractivity contribution in [1.29, 1.82) is 0 Å². The van der Waals surface area contributed by atoms with E-state index >= 15 is 0 Å². The molecule has 0 radical (unpaired) electrons. The van der Waals surface area contributed by atoms with Crippen LogP contribution in [0.2, 0.25) is 0 Å². The summed E-state index contributed by atoms with van der Waals surface area (Å²) in [5.74, 6) is 1.03. The van der Waals surface area contributed by atoms with Gasteiger partial charge < -0.3 is 14.1 Å². The van der Waals surface area contributed by atoms with Crippen LogP contribution in [0.15, 0.2) is 4.42 Å². The molecule has 1 unspecified atom stereocenters. The minimum absolute atomic E-state index is 0.213. The molecule has 23 heavy (non-hydrogen) atoms. The quantitative estimate of drug-likeness (QED) is 0.798. The highest BCUT2D eigenvalue weighted by atomic mass is 16.5. The zero-order chi connectivity index (χ0) is 16.4. The number of oxazole rings is 1. The van der Waals surface area contributed by atoms with Gasteiger partial charge in [0.2, 0.25) is 0 Å². The van der Waals surface area contributed by atoms with Crippen LogP contribution in [0, 0.1) is 6.92 Å². The number of rotatable bonds is 4. The second kappa shape index (κ2) is 6.72. The number of aromatic nitrogens is 1. The average molecular weight is 320 g/mol. The molecule has 1 amide bonds. The van der Waals surface area contributed by atoms with E-state index in [0.717, 1.165) is 25.7 Å². The van der Waals surface area contributed by atoms with Gasteiger partial charge in [-0.25, -0.2) is 9.78 Å². The van der Waals surface area contributed by atoms with Crippen molar-refractivity contribution in [3.05, 3.63) is 17.3 Å². The number of nitrogens with zero attached hydrogens (tertiary/aromatic N) is 2. The maximum atomic E-state index is 12.9. The summed E-state index contributed by atoms with van der Waals surface area (Å²) in [6.07, 6.45) is 5.81. The van der Waals surface area contributed by atoms with Gasteiger partial charge in [-0.2, -0.15) is 0 Å². The number of amides is 1. The number of carbonyl (C=O) groups is 2. The van der Waals surface area contributed by atoms with E-state index in [2.05, 4.69) is 4.98 Å². The predicted octanol–water partition coefficient (Wildman–Crippen LogP) is 2.81. The van der Waals surface area contributed by atoms with Crippen molar-refractivity contribution in [2.45, 2.75) is 64.3 Å². The summed E-state index contributed by atoms with van der Waals surface area (Å²) >= 11 is 0. The van der Waals surface area contributed by atoms with Crippen molar-refractivity contribution in [2.24, 2.45) is 0 Å². The molecule has 126 valence electrons. The van der Waals surface area contributed by atoms with E-state index < -0.39 is 6.04 Å². The number of esters is 1. The first-order valence-electron chi connectivity index (χ1n) is 8.56. The molecule has 1 atom stereocenters. The summed E-state index contributed by atoms with van der Waals surface area (Å²) in [6, 6.07) is -0.501. The molecule has 0 N–H and O–H groups in total. The highest BCUT2D eigenvalue weighted by molar-refractivity contribution is 5.96. The number of likely N-dealkylation sites (tertiary alicyclic amines) is 1. The van der Waals surface area contributed by atoms with Crippen LogP contribution in [0.25, 0.3) is 0 Å². The number of aryl methyl sites for hydroxylation is 1. The Morgan fingerprint density at radius 3 is 2.70 bits per heavy atom. The lowest BCUT2D eigenvalue weighted by Gasteiger charge is -2.33. The Labute approximate surface area is 136 Å². The minimum atomic E-state index is -0.501. The van der Waals surface area contributed by atoms with Gasteiger partial charge in [0.05, 0.1) is 6.61 Å². The first-order valence-corrected chi connectivity index (χ1v) is 8.56. The Kier molecular flexibility index (Phi) is 4.68. The number of hydrogen-bond donors (Lipinski definition) is 0. The van der Waals surface area contributed by atoms with Crippen molar-refractivity contribution in [1.82, 2.24) is 9.88 Å². The molecule has 0 spiro atoms. The van der Waals surface area contributed by atoms with Crippen LogP contribution in [0.3, 0.4) is 0 Å². The Morgan fingerprint density at radius 1 is 1.26 bits per heavy atom. The fourth-order valence-electron chi connectivity index (χ4n) is 3.24. The van der Waals surface area contributed by atoms with E-state index in [-0.39, 0.29) is 11.9 Å². The van der Waals surface area contributed by atoms with Crippen molar-refractivity contribution in [2.75, 3.05) is 13.2 Å². The lowest BCUT2D eigenvalue weighted by atomic mass is 9.85. The summed E-state index contributed by atoms with van der Waals surface area (Å²) in [7, 11) is 0. The smallest absolute Gasteiger partial charge is 0.328 e. The molecular formula is C17H24N2O4. The van der Waals surface area contributed by atoms with E-state index in [4.69, 9.17) is 9.15 Å². The first-order chi connectivity index (χ1) is 11.1. The zero-order valence-electron chi connectivity index (χ0n) is 13.8. The van der Waals surface area contributed by atoms with Crippen molar-refractivity contribution in [3.8, 4) is 0 Å². The van der Waals surface area contributed by atoms with Gasteiger partial charge >= 0.3 is 5.97 Å². The van der Waals surface area contributed by atoms with E-state index in [1.807, 2.05) is 0 Å². The second-order valence-electron chi connectivity index (χ2n) is 6.35. The summed E-state index contributed by atoms with van der Waals surface area (Å²) in [6.45, 7) is 4.44. The van der Waals surface area contributed by atoms with Crippen LogP contribution in [0.1, 0.15) is 73.5 Å². The third kappa shape index (κ3) is 3.12. The minimum Gasteiger partial charge on any atom is -0.464 e. The molecular weight excluding hydrogens is 296 g/mol. The Bertz CT molecular complexity index is 591. The maximum absolute atomic E-state index is 12.9. The van der Waals surface area contributed by atoms with Crippen LogP contribution in [0.4, 0.5) is 0 Å². The molecule has 6 heteroatoms. The summed E-state index contributed by atoms with van der Waals surface area (Å²) in [4.78, 5) is 31.1. The third-order valence-corrected chi connectivity index (χ3v) is 4.79. The monoisotopic (exact) mass is 320 g/mol. The molecule has 0 aromatic carbocycles. The topological polar surface area (TPSA) is 72.6 Å². The molecule has 0 bridgehead atoms. The van der Waals surface area contributed by atoms with Crippen LogP contribution in [0.5, 0.6) is 0 Å². The van der Waals surface area contributed by atoms with Gasteiger partial charge in [0.25, 0.3) is 5.91 Å². The van der Waals surface area contributed by atoms with Crippen LogP contribution < -0.4 is 0 Å². The maximum Gasteiger partial charge on any atom is 0.328 e. The molecule has 1 aliphatic carbocycles. The van der Waals surface area contributed by atoms with E-state index in [9.17, 15) is 9.59 Å². The number of carbonyl (C=O) groups excluding carboxylic acids is 2. The average Bonchev–Trinajstić information content (AvgIpc) is 2.86. The Balaban J connectivity index is 1.79. The summed E-state index contributed by atoms with van der Waals surface area (Å²) in [5, 5.41) is 0. The van der Waals surface area contributed by atoms with E-state index in [1.165, 1.54) is 6.42 Å². The summed E-state index contributed by atoms with van der Waals surface area (Å²) in [5.41, 5.74) is 0.350. The molecule has 1 aliphatic heterocycles. The highest BCUT2D eigenvalue weighted by Crippen LogP contribution is 2.36. The SMILES string of the molecule is CCOC(=O)C1CCCCN1C(=O)c1nc(C2CCC2)oc1C. The third-order valence-electron chi connectivity index (χ3n) is 4.79. The van der Waals surface area contributed by atoms with E-state index in [0.29, 0.717) is 42.8 Å². The second-order valence-corrected chi connectivity index (χ2v) is 6.35. The Hall–Kier alpha value is -1.85. The number of hydrogen-bond acceptors (Lipinski definition) is 5. The van der Waals surface area contributed by atoms with Crippen molar-refractivity contribution >= 4 is 11.9 Å². The molecule has 6 nitrogen and oxygen atoms in total. The Morgan fingerprint density at radius 2 is 2.04 bits per heavy atom. The molecule has 1 aromatic heterocycles. The van der Waals surface area contributed by atoms with Crippen LogP contribution in [-0.4, -0.2) is 41.0 Å². The van der Waals surface area contributed by atoms with Gasteiger partial charge in [-0.05, 0) is 46.0 Å². The zero-order valence-corrected chi connectivity index (χ0v) is 13.8. The largest absolute Gasteiger partial charge is 0.464 e. The normalized spacial score (nSPS) is 21.8. The van der Waals surface area contributed by atoms with Gasteiger partial charge in [0.1, 0.15) is 11.8 Å². The van der Waals surface area contributed by atoms with Gasteiger partial charge in [0.15, 0.2) is 11.6 Å². The highest BCUT2D eigenvalue weighted by Gasteiger charge is 2.36. The fraction of sp³-hybridized carbons (Fsp3) is 0.706. The predicted molar refractivity (Wildman–Crippen MR) is 83.1 cm³/mol. The molecule has 2 aliphatic rings. The molecule has 1 aromatic rings. The number of piperidine rings is 1. The van der Waals surface area contributed by atoms with Crippen LogP contribution in [-0.2, 0) is 9.53 Å². The van der Waals surface area contributed by atoms with Gasteiger partial charge in [-0.15, -0.1) is 0 Å². The van der Waals surface area contributed by atoms with Gasteiger partial charge in [-0.1, -0.05) is 6.42 Å². The lowest BCUT2D eigenvalue weighted by molar-refractivity contribution is -0.149. The summed E-state index contributed by atoms with van der Waals surface area (Å²) < 4.78 is 10.8. The van der Waals surface area contributed by atoms with Crippen molar-refractivity contribution < 1.29 is 18.7 Å². The van der Waals surface area contributed by atoms with Gasteiger partial charge in [0, 0.05) is 12.5 Å². The van der Waals surface area contributed by atoms with Gasteiger partial charge in [-0.3, -0.25) is 4.79 Å². The van der Waals surface area contributed by atoms with E-state index in [1.54, 1.807) is 18.7 Å². The number of ether oxygens (including phenoxy) is 1. The molecule has 1 saturated heterocycles. The molecule has 1 saturated carbocycles. The first kappa shape index (κ1) is 16.0. The molecule has 2 heterocycles. The standard InChI is InChI=1S/C17H24N2O4/c1-3-22-17(21)13-9-4-5-10-19(13)16(20)14-11(2)23-15(18-14)12-7-6-8-12/h12-13H,3-10H2,1-2H3. The van der Waals surface area contributed by atoms with Crippen molar-refractivity contribution in [3.63, 3.8) is 0 Å².